The molecule has 0 bridgehead atoms. The molecule has 0 aliphatic carbocycles. The molecular weight excluding hydrogens is 397 g/mol. The van der Waals surface area contributed by atoms with Gasteiger partial charge in [0.1, 0.15) is 11.6 Å². The Bertz CT molecular complexity index is 926. The van der Waals surface area contributed by atoms with Crippen molar-refractivity contribution in [3.8, 4) is 5.75 Å². The van der Waals surface area contributed by atoms with Gasteiger partial charge in [-0.1, -0.05) is 24.3 Å². The summed E-state index contributed by atoms with van der Waals surface area (Å²) in [7, 11) is 1.66. The van der Waals surface area contributed by atoms with Crippen molar-refractivity contribution >= 4 is 17.5 Å². The fourth-order valence-electron chi connectivity index (χ4n) is 4.39. The van der Waals surface area contributed by atoms with Crippen molar-refractivity contribution in [2.24, 2.45) is 5.92 Å². The summed E-state index contributed by atoms with van der Waals surface area (Å²) in [6.45, 7) is 3.76. The molecule has 0 aromatic heterocycles. The lowest BCUT2D eigenvalue weighted by Crippen LogP contribution is -2.50. The van der Waals surface area contributed by atoms with Gasteiger partial charge < -0.3 is 19.4 Å². The van der Waals surface area contributed by atoms with E-state index in [9.17, 15) is 14.0 Å². The first kappa shape index (κ1) is 21.2. The topological polar surface area (TPSA) is 53.1 Å². The second-order valence-corrected chi connectivity index (χ2v) is 8.10. The van der Waals surface area contributed by atoms with Gasteiger partial charge in [-0.25, -0.2) is 4.39 Å². The van der Waals surface area contributed by atoms with E-state index in [1.807, 2.05) is 29.2 Å². The molecule has 0 radical (unpaired) electrons. The van der Waals surface area contributed by atoms with Crippen molar-refractivity contribution in [1.29, 1.82) is 0 Å². The number of hydrogen-bond acceptors (Lipinski definition) is 4. The number of benzene rings is 2. The Labute approximate surface area is 182 Å². The van der Waals surface area contributed by atoms with Gasteiger partial charge in [-0.3, -0.25) is 9.59 Å². The second-order valence-electron chi connectivity index (χ2n) is 8.10. The van der Waals surface area contributed by atoms with Crippen LogP contribution in [-0.2, 0) is 16.0 Å². The zero-order valence-corrected chi connectivity index (χ0v) is 17.8. The van der Waals surface area contributed by atoms with E-state index in [0.29, 0.717) is 32.6 Å². The van der Waals surface area contributed by atoms with Crippen LogP contribution in [0.3, 0.4) is 0 Å². The number of likely N-dealkylation sites (tertiary alicyclic amines) is 1. The minimum absolute atomic E-state index is 0.0214. The van der Waals surface area contributed by atoms with E-state index < -0.39 is 0 Å². The maximum atomic E-state index is 13.0. The first-order chi connectivity index (χ1) is 15.0. The summed E-state index contributed by atoms with van der Waals surface area (Å²) in [6.07, 6.45) is 0.930. The molecule has 2 aromatic carbocycles. The molecule has 2 aromatic rings. The highest BCUT2D eigenvalue weighted by Crippen LogP contribution is 2.29. The monoisotopic (exact) mass is 425 g/mol. The summed E-state index contributed by atoms with van der Waals surface area (Å²) in [5.74, 6) is 0.377. The maximum Gasteiger partial charge on any atom is 0.228 e. The summed E-state index contributed by atoms with van der Waals surface area (Å²) >= 11 is 0. The van der Waals surface area contributed by atoms with Crippen LogP contribution < -0.4 is 9.64 Å². The molecule has 0 unspecified atom stereocenters. The average Bonchev–Trinajstić information content (AvgIpc) is 3.18. The lowest BCUT2D eigenvalue weighted by Gasteiger charge is -2.37. The molecule has 1 atom stereocenters. The van der Waals surface area contributed by atoms with Crippen LogP contribution in [0.1, 0.15) is 12.0 Å². The molecule has 2 saturated heterocycles. The lowest BCUT2D eigenvalue weighted by atomic mass is 10.1. The predicted octanol–water partition coefficient (Wildman–Crippen LogP) is 2.57. The highest BCUT2D eigenvalue weighted by molar-refractivity contribution is 5.89. The molecule has 164 valence electrons. The number of anilines is 1. The van der Waals surface area contributed by atoms with Crippen molar-refractivity contribution in [2.45, 2.75) is 12.8 Å². The zero-order valence-electron chi connectivity index (χ0n) is 17.8. The van der Waals surface area contributed by atoms with Crippen LogP contribution in [0.4, 0.5) is 10.1 Å². The number of methoxy groups -OCH3 is 1. The predicted molar refractivity (Wildman–Crippen MR) is 117 cm³/mol. The minimum atomic E-state index is -0.279. The summed E-state index contributed by atoms with van der Waals surface area (Å²) < 4.78 is 18.5. The van der Waals surface area contributed by atoms with Crippen LogP contribution in [0.15, 0.2) is 48.5 Å². The Morgan fingerprint density at radius 2 is 1.77 bits per heavy atom. The lowest BCUT2D eigenvalue weighted by molar-refractivity contribution is -0.136. The molecule has 31 heavy (non-hydrogen) atoms. The number of hydrogen-bond donors (Lipinski definition) is 0. The van der Waals surface area contributed by atoms with Crippen LogP contribution in [0.2, 0.25) is 0 Å². The Morgan fingerprint density at radius 3 is 2.48 bits per heavy atom. The number of halogens is 1. The van der Waals surface area contributed by atoms with Gasteiger partial charge in [-0.2, -0.15) is 0 Å². The minimum Gasteiger partial charge on any atom is -0.495 e. The average molecular weight is 426 g/mol. The van der Waals surface area contributed by atoms with E-state index in [4.69, 9.17) is 4.74 Å². The maximum absolute atomic E-state index is 13.0. The molecule has 2 amide bonds. The Balaban J connectivity index is 1.29. The van der Waals surface area contributed by atoms with E-state index in [1.54, 1.807) is 24.1 Å². The molecular formula is C24H28FN3O3. The third-order valence-electron chi connectivity index (χ3n) is 6.16. The first-order valence-electron chi connectivity index (χ1n) is 10.7. The highest BCUT2D eigenvalue weighted by atomic mass is 19.1. The van der Waals surface area contributed by atoms with Crippen molar-refractivity contribution in [2.75, 3.05) is 51.3 Å². The van der Waals surface area contributed by atoms with Crippen LogP contribution in [-0.4, -0.2) is 68.0 Å². The number of para-hydroxylation sites is 2. The molecule has 4 rings (SSSR count). The van der Waals surface area contributed by atoms with Crippen LogP contribution >= 0.6 is 0 Å². The van der Waals surface area contributed by atoms with Gasteiger partial charge in [0.05, 0.1) is 18.7 Å². The molecule has 7 heteroatoms. The molecule has 2 aliphatic rings. The van der Waals surface area contributed by atoms with Gasteiger partial charge in [-0.05, 0) is 36.2 Å². The zero-order chi connectivity index (χ0) is 21.8. The van der Waals surface area contributed by atoms with E-state index >= 15 is 0 Å². The van der Waals surface area contributed by atoms with Gasteiger partial charge in [0, 0.05) is 45.7 Å². The van der Waals surface area contributed by atoms with Gasteiger partial charge >= 0.3 is 0 Å². The number of rotatable bonds is 6. The van der Waals surface area contributed by atoms with Crippen LogP contribution in [0, 0.1) is 11.7 Å². The number of nitrogens with zero attached hydrogens (tertiary/aromatic N) is 3. The number of carbonyl (C=O) groups is 2. The molecule has 6 nitrogen and oxygen atoms in total. The Hall–Kier alpha value is -3.09. The summed E-state index contributed by atoms with van der Waals surface area (Å²) in [5.41, 5.74) is 2.02. The third kappa shape index (κ3) is 4.81. The van der Waals surface area contributed by atoms with E-state index in [2.05, 4.69) is 4.90 Å². The Kier molecular flexibility index (Phi) is 6.39. The molecule has 2 fully saturated rings. The normalized spacial score (nSPS) is 19.1. The van der Waals surface area contributed by atoms with E-state index in [1.165, 1.54) is 12.1 Å². The smallest absolute Gasteiger partial charge is 0.228 e. The highest BCUT2D eigenvalue weighted by Gasteiger charge is 2.37. The molecule has 0 saturated carbocycles. The summed E-state index contributed by atoms with van der Waals surface area (Å²) in [5, 5.41) is 0. The first-order valence-corrected chi connectivity index (χ1v) is 10.7. The van der Waals surface area contributed by atoms with Gasteiger partial charge in [-0.15, -0.1) is 0 Å². The largest absolute Gasteiger partial charge is 0.495 e. The van der Waals surface area contributed by atoms with Gasteiger partial charge in [0.25, 0.3) is 0 Å². The SMILES string of the molecule is COc1ccccc1N1CCN(C(=O)[C@H]2CC(=O)N(CCc3ccc(F)cc3)C2)CC1. The van der Waals surface area contributed by atoms with E-state index in [0.717, 1.165) is 30.1 Å². The molecule has 2 aliphatic heterocycles. The number of carbonyl (C=O) groups excluding carboxylic acids is 2. The van der Waals surface area contributed by atoms with Crippen molar-refractivity contribution in [1.82, 2.24) is 9.80 Å². The Morgan fingerprint density at radius 1 is 1.06 bits per heavy atom. The van der Waals surface area contributed by atoms with Crippen molar-refractivity contribution in [3.05, 3.63) is 59.9 Å². The number of ether oxygens (including phenoxy) is 1. The van der Waals surface area contributed by atoms with Crippen molar-refractivity contribution in [3.63, 3.8) is 0 Å². The fourth-order valence-corrected chi connectivity index (χ4v) is 4.39. The quantitative estimate of drug-likeness (QED) is 0.714. The number of amides is 2. The fraction of sp³-hybridized carbons (Fsp3) is 0.417. The van der Waals surface area contributed by atoms with Crippen LogP contribution in [0.5, 0.6) is 5.75 Å². The summed E-state index contributed by atoms with van der Waals surface area (Å²) in [4.78, 5) is 31.3. The second kappa shape index (κ2) is 9.37. The summed E-state index contributed by atoms with van der Waals surface area (Å²) in [6, 6.07) is 14.2. The molecule has 0 N–H and O–H groups in total. The van der Waals surface area contributed by atoms with Gasteiger partial charge in [0.15, 0.2) is 0 Å². The van der Waals surface area contributed by atoms with E-state index in [-0.39, 0.29) is 30.0 Å². The standard InChI is InChI=1S/C24H28FN3O3/c1-31-22-5-3-2-4-21(22)26-12-14-27(15-13-26)24(30)19-16-23(29)28(17-19)11-10-18-6-8-20(25)9-7-18/h2-9,19H,10-17H2,1H3/t19-/m0/s1. The van der Waals surface area contributed by atoms with Crippen molar-refractivity contribution < 1.29 is 18.7 Å². The van der Waals surface area contributed by atoms with Crippen LogP contribution in [0.25, 0.3) is 0 Å². The molecule has 0 spiro atoms. The number of piperazine rings is 1. The molecule has 2 heterocycles. The van der Waals surface area contributed by atoms with Gasteiger partial charge in [0.2, 0.25) is 11.8 Å². The third-order valence-corrected chi connectivity index (χ3v) is 6.16.